The molecule has 1 heterocycles. The largest absolute Gasteiger partial charge is 0.356 e. The molecule has 0 saturated carbocycles. The normalized spacial score (nSPS) is 18.9. The van der Waals surface area contributed by atoms with Crippen LogP contribution in [0, 0.1) is 5.92 Å². The van der Waals surface area contributed by atoms with Crippen LogP contribution in [0.3, 0.4) is 0 Å². The molecule has 2 N–H and O–H groups in total. The Morgan fingerprint density at radius 1 is 1.43 bits per heavy atom. The Kier molecular flexibility index (Phi) is 11.3. The minimum absolute atomic E-state index is 0. The molecule has 21 heavy (non-hydrogen) atoms. The standard InChI is InChI=1S/C14H28N4OS.HI/c1-11(2)8-15-14(16-9-13(19)18(3)4)17-12-6-5-7-20-10-12;/h11-12H,5-10H2,1-4H3,(H2,15,16,17);1H. The number of likely N-dealkylation sites (N-methyl/N-ethyl adjacent to an activating group) is 1. The summed E-state index contributed by atoms with van der Waals surface area (Å²) in [7, 11) is 3.51. The van der Waals surface area contributed by atoms with E-state index >= 15 is 0 Å². The molecule has 5 nitrogen and oxygen atoms in total. The fourth-order valence-electron chi connectivity index (χ4n) is 1.79. The third kappa shape index (κ3) is 9.44. The molecule has 1 aliphatic heterocycles. The maximum Gasteiger partial charge on any atom is 0.243 e. The summed E-state index contributed by atoms with van der Waals surface area (Å²) < 4.78 is 0. The topological polar surface area (TPSA) is 56.7 Å². The van der Waals surface area contributed by atoms with Gasteiger partial charge in [0.2, 0.25) is 5.91 Å². The average molecular weight is 428 g/mol. The van der Waals surface area contributed by atoms with E-state index in [9.17, 15) is 4.79 Å². The number of guanidine groups is 1. The number of thioether (sulfide) groups is 1. The maximum atomic E-state index is 11.6. The zero-order valence-electron chi connectivity index (χ0n) is 13.5. The lowest BCUT2D eigenvalue weighted by atomic mass is 10.2. The van der Waals surface area contributed by atoms with Crippen LogP contribution in [0.5, 0.6) is 0 Å². The molecule has 0 aromatic heterocycles. The molecule has 0 aromatic carbocycles. The maximum absolute atomic E-state index is 11.6. The van der Waals surface area contributed by atoms with E-state index in [1.165, 1.54) is 18.6 Å². The van der Waals surface area contributed by atoms with Gasteiger partial charge in [0, 0.05) is 32.4 Å². The number of aliphatic imine (C=N–C) groups is 1. The smallest absolute Gasteiger partial charge is 0.243 e. The molecule has 0 bridgehead atoms. The number of nitrogens with one attached hydrogen (secondary N) is 2. The van der Waals surface area contributed by atoms with E-state index in [2.05, 4.69) is 29.5 Å². The number of rotatable bonds is 5. The van der Waals surface area contributed by atoms with Crippen molar-refractivity contribution in [1.82, 2.24) is 15.5 Å². The molecule has 1 rings (SSSR count). The molecule has 0 spiro atoms. The van der Waals surface area contributed by atoms with Crippen molar-refractivity contribution >= 4 is 47.6 Å². The molecule has 0 aliphatic carbocycles. The van der Waals surface area contributed by atoms with E-state index in [1.807, 2.05) is 11.8 Å². The van der Waals surface area contributed by atoms with E-state index in [0.717, 1.165) is 18.3 Å². The fourth-order valence-corrected chi connectivity index (χ4v) is 2.86. The van der Waals surface area contributed by atoms with E-state index in [4.69, 9.17) is 0 Å². The minimum Gasteiger partial charge on any atom is -0.356 e. The van der Waals surface area contributed by atoms with Crippen LogP contribution < -0.4 is 10.6 Å². The summed E-state index contributed by atoms with van der Waals surface area (Å²) in [5.74, 6) is 3.70. The van der Waals surface area contributed by atoms with Crippen molar-refractivity contribution in [3.8, 4) is 0 Å². The summed E-state index contributed by atoms with van der Waals surface area (Å²) in [6, 6.07) is 0.460. The van der Waals surface area contributed by atoms with Gasteiger partial charge in [0.05, 0.1) is 0 Å². The fraction of sp³-hybridized carbons (Fsp3) is 0.857. The quantitative estimate of drug-likeness (QED) is 0.398. The van der Waals surface area contributed by atoms with E-state index in [-0.39, 0.29) is 36.4 Å². The highest BCUT2D eigenvalue weighted by atomic mass is 127. The zero-order valence-corrected chi connectivity index (χ0v) is 16.7. The summed E-state index contributed by atoms with van der Waals surface area (Å²) in [6.45, 7) is 5.38. The first-order chi connectivity index (χ1) is 9.49. The molecule has 1 atom stereocenters. The predicted molar refractivity (Wildman–Crippen MR) is 103 cm³/mol. The second-order valence-electron chi connectivity index (χ2n) is 5.79. The number of halogens is 1. The molecule has 124 valence electrons. The van der Waals surface area contributed by atoms with E-state index < -0.39 is 0 Å². The van der Waals surface area contributed by atoms with Crippen LogP contribution >= 0.6 is 35.7 Å². The SMILES string of the molecule is CC(C)CNC(=NCC(=O)N(C)C)NC1CCCSC1.I. The van der Waals surface area contributed by atoms with Gasteiger partial charge in [-0.25, -0.2) is 4.99 Å². The number of carbonyl (C=O) groups is 1. The number of carbonyl (C=O) groups excluding carboxylic acids is 1. The summed E-state index contributed by atoms with van der Waals surface area (Å²) in [6.07, 6.45) is 2.42. The lowest BCUT2D eigenvalue weighted by molar-refractivity contribution is -0.127. The first-order valence-corrected chi connectivity index (χ1v) is 8.47. The predicted octanol–water partition coefficient (Wildman–Crippen LogP) is 1.78. The van der Waals surface area contributed by atoms with Crippen LogP contribution in [0.25, 0.3) is 0 Å². The van der Waals surface area contributed by atoms with Crippen LogP contribution in [0.1, 0.15) is 26.7 Å². The highest BCUT2D eigenvalue weighted by Crippen LogP contribution is 2.16. The van der Waals surface area contributed by atoms with Crippen molar-refractivity contribution in [3.05, 3.63) is 0 Å². The second kappa shape index (κ2) is 11.4. The molecule has 1 unspecified atom stereocenters. The van der Waals surface area contributed by atoms with Crippen molar-refractivity contribution < 1.29 is 4.79 Å². The monoisotopic (exact) mass is 428 g/mol. The minimum atomic E-state index is 0. The molecule has 0 aromatic rings. The summed E-state index contributed by atoms with van der Waals surface area (Å²) in [5.41, 5.74) is 0. The van der Waals surface area contributed by atoms with Gasteiger partial charge in [-0.2, -0.15) is 11.8 Å². The molecule has 7 heteroatoms. The Hall–Kier alpha value is -0.180. The van der Waals surface area contributed by atoms with Gasteiger partial charge < -0.3 is 15.5 Å². The van der Waals surface area contributed by atoms with Crippen LogP contribution in [-0.2, 0) is 4.79 Å². The second-order valence-corrected chi connectivity index (χ2v) is 6.94. The molecule has 1 saturated heterocycles. The summed E-state index contributed by atoms with van der Waals surface area (Å²) in [4.78, 5) is 17.6. The average Bonchev–Trinajstić information content (AvgIpc) is 2.42. The Labute approximate surface area is 150 Å². The number of hydrogen-bond donors (Lipinski definition) is 2. The van der Waals surface area contributed by atoms with Crippen LogP contribution in [0.2, 0.25) is 0 Å². The van der Waals surface area contributed by atoms with Gasteiger partial charge in [0.25, 0.3) is 0 Å². The summed E-state index contributed by atoms with van der Waals surface area (Å²) >= 11 is 1.98. The first-order valence-electron chi connectivity index (χ1n) is 7.31. The van der Waals surface area contributed by atoms with Crippen molar-refractivity contribution in [2.24, 2.45) is 10.9 Å². The van der Waals surface area contributed by atoms with Crippen molar-refractivity contribution in [2.45, 2.75) is 32.7 Å². The van der Waals surface area contributed by atoms with Gasteiger partial charge in [0.15, 0.2) is 5.96 Å². The third-order valence-corrected chi connectivity index (χ3v) is 4.27. The van der Waals surface area contributed by atoms with Crippen LogP contribution in [0.4, 0.5) is 0 Å². The van der Waals surface area contributed by atoms with Crippen molar-refractivity contribution in [1.29, 1.82) is 0 Å². The Bertz CT molecular complexity index is 331. The van der Waals surface area contributed by atoms with Crippen LogP contribution in [-0.4, -0.2) is 61.5 Å². The molecule has 1 amide bonds. The Morgan fingerprint density at radius 2 is 2.14 bits per heavy atom. The first kappa shape index (κ1) is 20.8. The summed E-state index contributed by atoms with van der Waals surface area (Å²) in [5, 5.41) is 6.77. The van der Waals surface area contributed by atoms with E-state index in [1.54, 1.807) is 19.0 Å². The molecular weight excluding hydrogens is 399 g/mol. The lowest BCUT2D eigenvalue weighted by Crippen LogP contribution is -2.47. The van der Waals surface area contributed by atoms with Gasteiger partial charge in [-0.05, 0) is 24.5 Å². The number of amides is 1. The van der Waals surface area contributed by atoms with Gasteiger partial charge in [0.1, 0.15) is 6.54 Å². The highest BCUT2D eigenvalue weighted by Gasteiger charge is 2.15. The van der Waals surface area contributed by atoms with Gasteiger partial charge in [-0.3, -0.25) is 4.79 Å². The zero-order chi connectivity index (χ0) is 15.0. The third-order valence-electron chi connectivity index (χ3n) is 3.05. The van der Waals surface area contributed by atoms with Gasteiger partial charge in [-0.1, -0.05) is 13.8 Å². The Morgan fingerprint density at radius 3 is 2.67 bits per heavy atom. The van der Waals surface area contributed by atoms with E-state index in [0.29, 0.717) is 12.0 Å². The lowest BCUT2D eigenvalue weighted by Gasteiger charge is -2.25. The van der Waals surface area contributed by atoms with Gasteiger partial charge in [-0.15, -0.1) is 24.0 Å². The molecule has 1 aliphatic rings. The van der Waals surface area contributed by atoms with Gasteiger partial charge >= 0.3 is 0 Å². The van der Waals surface area contributed by atoms with Crippen molar-refractivity contribution in [2.75, 3.05) is 38.7 Å². The van der Waals surface area contributed by atoms with Crippen molar-refractivity contribution in [3.63, 3.8) is 0 Å². The number of nitrogens with zero attached hydrogens (tertiary/aromatic N) is 2. The number of hydrogen-bond acceptors (Lipinski definition) is 3. The molecular formula is C14H29IN4OS. The molecule has 0 radical (unpaired) electrons. The Balaban J connectivity index is 0.00000400. The molecule has 1 fully saturated rings. The highest BCUT2D eigenvalue weighted by molar-refractivity contribution is 14.0. The van der Waals surface area contributed by atoms with Crippen LogP contribution in [0.15, 0.2) is 4.99 Å².